The molecule has 1 unspecified atom stereocenters. The van der Waals surface area contributed by atoms with Crippen molar-refractivity contribution in [3.8, 4) is 5.75 Å². The van der Waals surface area contributed by atoms with Gasteiger partial charge in [-0.2, -0.15) is 0 Å². The number of amides is 3. The first kappa shape index (κ1) is 22.9. The average molecular weight is 443 g/mol. The van der Waals surface area contributed by atoms with Crippen LogP contribution in [0.3, 0.4) is 0 Å². The Balaban J connectivity index is 1.20. The number of nitrogens with one attached hydrogen (secondary N) is 3. The second kappa shape index (κ2) is 9.69. The van der Waals surface area contributed by atoms with Gasteiger partial charge in [0.2, 0.25) is 5.91 Å². The maximum absolute atomic E-state index is 12.5. The molecule has 4 bridgehead atoms. The molecule has 32 heavy (non-hydrogen) atoms. The highest BCUT2D eigenvalue weighted by molar-refractivity contribution is 5.78. The summed E-state index contributed by atoms with van der Waals surface area (Å²) < 4.78 is 5.32. The van der Waals surface area contributed by atoms with Crippen molar-refractivity contribution in [3.05, 3.63) is 29.8 Å². The van der Waals surface area contributed by atoms with Gasteiger partial charge in [0.15, 0.2) is 0 Å². The van der Waals surface area contributed by atoms with Crippen LogP contribution in [-0.2, 0) is 4.79 Å². The van der Waals surface area contributed by atoms with Crippen LogP contribution >= 0.6 is 0 Å². The zero-order chi connectivity index (χ0) is 22.7. The van der Waals surface area contributed by atoms with Crippen molar-refractivity contribution in [2.24, 2.45) is 17.8 Å². The predicted molar refractivity (Wildman–Crippen MR) is 124 cm³/mol. The van der Waals surface area contributed by atoms with Gasteiger partial charge in [-0.3, -0.25) is 4.79 Å². The smallest absolute Gasteiger partial charge is 0.315 e. The van der Waals surface area contributed by atoms with E-state index in [4.69, 9.17) is 4.74 Å². The van der Waals surface area contributed by atoms with Crippen molar-refractivity contribution in [2.75, 3.05) is 34.3 Å². The molecule has 1 atom stereocenters. The van der Waals surface area contributed by atoms with Crippen molar-refractivity contribution >= 4 is 11.9 Å². The predicted octanol–water partition coefficient (Wildman–Crippen LogP) is 3.07. The average Bonchev–Trinajstić information content (AvgIpc) is 2.72. The van der Waals surface area contributed by atoms with Crippen molar-refractivity contribution in [1.82, 2.24) is 20.9 Å². The minimum atomic E-state index is -0.123. The lowest BCUT2D eigenvalue weighted by Gasteiger charge is -2.56. The standard InChI is InChI=1S/C25H38N4O3/c1-29(2)22(20-5-4-6-21(12-20)32-3)16-27-23(30)7-8-26-24(31)28-25-13-17-9-18(14-25)11-19(10-17)15-25/h4-6,12,17-19,22H,7-11,13-16H2,1-3H3,(H,27,30)(H2,26,28,31). The van der Waals surface area contributed by atoms with Crippen molar-refractivity contribution < 1.29 is 14.3 Å². The summed E-state index contributed by atoms with van der Waals surface area (Å²) in [5.41, 5.74) is 1.08. The second-order valence-corrected chi connectivity index (χ2v) is 10.4. The number of likely N-dealkylation sites (N-methyl/N-ethyl adjacent to an activating group) is 1. The summed E-state index contributed by atoms with van der Waals surface area (Å²) in [5, 5.41) is 9.21. The van der Waals surface area contributed by atoms with E-state index >= 15 is 0 Å². The van der Waals surface area contributed by atoms with Gasteiger partial charge in [0.1, 0.15) is 5.75 Å². The maximum atomic E-state index is 12.5. The fraction of sp³-hybridized carbons (Fsp3) is 0.680. The lowest BCUT2D eigenvalue weighted by molar-refractivity contribution is -0.121. The van der Waals surface area contributed by atoms with E-state index in [2.05, 4.69) is 20.9 Å². The summed E-state index contributed by atoms with van der Waals surface area (Å²) in [4.78, 5) is 27.0. The van der Waals surface area contributed by atoms with E-state index in [1.165, 1.54) is 19.3 Å². The highest BCUT2D eigenvalue weighted by Crippen LogP contribution is 2.55. The monoisotopic (exact) mass is 442 g/mol. The molecule has 1 aromatic carbocycles. The van der Waals surface area contributed by atoms with Crippen LogP contribution in [0.5, 0.6) is 5.75 Å². The van der Waals surface area contributed by atoms with Gasteiger partial charge in [-0.15, -0.1) is 0 Å². The van der Waals surface area contributed by atoms with Gasteiger partial charge >= 0.3 is 6.03 Å². The normalized spacial score (nSPS) is 28.9. The van der Waals surface area contributed by atoms with E-state index in [0.29, 0.717) is 13.1 Å². The van der Waals surface area contributed by atoms with Crippen LogP contribution in [0.4, 0.5) is 4.79 Å². The molecule has 3 amide bonds. The van der Waals surface area contributed by atoms with Gasteiger partial charge in [0.05, 0.1) is 13.2 Å². The van der Waals surface area contributed by atoms with E-state index in [1.54, 1.807) is 7.11 Å². The summed E-state index contributed by atoms with van der Waals surface area (Å²) in [6, 6.07) is 7.82. The number of nitrogens with zero attached hydrogens (tertiary/aromatic N) is 1. The number of ether oxygens (including phenoxy) is 1. The third-order valence-electron chi connectivity index (χ3n) is 7.65. The number of urea groups is 1. The Morgan fingerprint density at radius 2 is 1.75 bits per heavy atom. The number of hydrogen-bond donors (Lipinski definition) is 3. The van der Waals surface area contributed by atoms with Crippen LogP contribution in [0.2, 0.25) is 0 Å². The summed E-state index contributed by atoms with van der Waals surface area (Å²) >= 11 is 0. The molecule has 176 valence electrons. The summed E-state index contributed by atoms with van der Waals surface area (Å²) in [6.07, 6.45) is 7.72. The third kappa shape index (κ3) is 5.37. The summed E-state index contributed by atoms with van der Waals surface area (Å²) in [6.45, 7) is 0.842. The fourth-order valence-corrected chi connectivity index (χ4v) is 6.58. The topological polar surface area (TPSA) is 82.7 Å². The molecule has 5 rings (SSSR count). The van der Waals surface area contributed by atoms with Gasteiger partial charge in [-0.05, 0) is 88.1 Å². The van der Waals surface area contributed by atoms with Crippen LogP contribution in [0.25, 0.3) is 0 Å². The highest BCUT2D eigenvalue weighted by Gasteiger charge is 2.51. The molecule has 0 heterocycles. The van der Waals surface area contributed by atoms with Gasteiger partial charge in [0, 0.05) is 25.0 Å². The van der Waals surface area contributed by atoms with E-state index in [1.807, 2.05) is 38.4 Å². The molecule has 7 heteroatoms. The van der Waals surface area contributed by atoms with Crippen LogP contribution in [0, 0.1) is 17.8 Å². The van der Waals surface area contributed by atoms with Crippen molar-refractivity contribution in [2.45, 2.75) is 56.5 Å². The Morgan fingerprint density at radius 3 is 2.34 bits per heavy atom. The number of carbonyl (C=O) groups is 2. The lowest BCUT2D eigenvalue weighted by atomic mass is 9.53. The molecule has 7 nitrogen and oxygen atoms in total. The highest BCUT2D eigenvalue weighted by atomic mass is 16.5. The number of rotatable bonds is 9. The number of benzene rings is 1. The zero-order valence-corrected chi connectivity index (χ0v) is 19.7. The maximum Gasteiger partial charge on any atom is 0.315 e. The van der Waals surface area contributed by atoms with Gasteiger partial charge in [-0.1, -0.05) is 12.1 Å². The van der Waals surface area contributed by atoms with Gasteiger partial charge < -0.3 is 25.6 Å². The molecule has 0 spiro atoms. The summed E-state index contributed by atoms with van der Waals surface area (Å²) in [7, 11) is 5.64. The van der Waals surface area contributed by atoms with Gasteiger partial charge in [-0.25, -0.2) is 4.79 Å². The van der Waals surface area contributed by atoms with Crippen LogP contribution < -0.4 is 20.7 Å². The van der Waals surface area contributed by atoms with Crippen LogP contribution in [0.1, 0.15) is 56.6 Å². The first-order valence-electron chi connectivity index (χ1n) is 12.0. The third-order valence-corrected chi connectivity index (χ3v) is 7.65. The first-order chi connectivity index (χ1) is 15.4. The molecule has 0 saturated heterocycles. The Labute approximate surface area is 191 Å². The molecular formula is C25H38N4O3. The molecule has 3 N–H and O–H groups in total. The van der Waals surface area contributed by atoms with Gasteiger partial charge in [0.25, 0.3) is 0 Å². The fourth-order valence-electron chi connectivity index (χ4n) is 6.58. The molecule has 4 saturated carbocycles. The zero-order valence-electron chi connectivity index (χ0n) is 19.7. The van der Waals surface area contributed by atoms with E-state index < -0.39 is 0 Å². The molecule has 0 aromatic heterocycles. The van der Waals surface area contributed by atoms with Crippen LogP contribution in [-0.4, -0.2) is 56.7 Å². The minimum Gasteiger partial charge on any atom is -0.497 e. The second-order valence-electron chi connectivity index (χ2n) is 10.4. The number of carbonyl (C=O) groups excluding carboxylic acids is 2. The van der Waals surface area contributed by atoms with Crippen molar-refractivity contribution in [3.63, 3.8) is 0 Å². The first-order valence-corrected chi connectivity index (χ1v) is 12.0. The van der Waals surface area contributed by atoms with Crippen molar-refractivity contribution in [1.29, 1.82) is 0 Å². The van der Waals surface area contributed by atoms with E-state index in [9.17, 15) is 9.59 Å². The quantitative estimate of drug-likeness (QED) is 0.549. The SMILES string of the molecule is COc1cccc(C(CNC(=O)CCNC(=O)NC23CC4CC(CC(C4)C2)C3)N(C)C)c1. The van der Waals surface area contributed by atoms with Crippen LogP contribution in [0.15, 0.2) is 24.3 Å². The molecule has 0 radical (unpaired) electrons. The Bertz CT molecular complexity index is 790. The molecule has 4 fully saturated rings. The molecule has 1 aromatic rings. The van der Waals surface area contributed by atoms with E-state index in [-0.39, 0.29) is 29.9 Å². The lowest BCUT2D eigenvalue weighted by Crippen LogP contribution is -2.61. The Hall–Kier alpha value is -2.28. The molecule has 0 aliphatic heterocycles. The summed E-state index contributed by atoms with van der Waals surface area (Å²) in [5.74, 6) is 3.12. The molecule has 4 aliphatic rings. The Kier molecular flexibility index (Phi) is 6.93. The molecular weight excluding hydrogens is 404 g/mol. The molecule has 4 aliphatic carbocycles. The number of methoxy groups -OCH3 is 1. The van der Waals surface area contributed by atoms with E-state index in [0.717, 1.165) is 48.3 Å². The largest absolute Gasteiger partial charge is 0.497 e. The number of hydrogen-bond acceptors (Lipinski definition) is 4. The Morgan fingerprint density at radius 1 is 1.09 bits per heavy atom. The minimum absolute atomic E-state index is 0.00321.